The molecule has 1 aromatic rings. The molecule has 1 heterocycles. The van der Waals surface area contributed by atoms with Gasteiger partial charge in [-0.05, 0) is 50.2 Å². The number of fused-ring (bicyclic) bond motifs is 1. The fourth-order valence-electron chi connectivity index (χ4n) is 3.37. The minimum absolute atomic E-state index is 0.147. The van der Waals surface area contributed by atoms with E-state index in [-0.39, 0.29) is 5.54 Å². The summed E-state index contributed by atoms with van der Waals surface area (Å²) in [5.41, 5.74) is 9.25. The molecule has 1 aliphatic carbocycles. The van der Waals surface area contributed by atoms with E-state index in [0.29, 0.717) is 12.2 Å². The molecule has 0 radical (unpaired) electrons. The molecule has 3 rings (SSSR count). The van der Waals surface area contributed by atoms with Gasteiger partial charge < -0.3 is 10.5 Å². The third-order valence-electron chi connectivity index (χ3n) is 4.31. The van der Waals surface area contributed by atoms with Crippen LogP contribution < -0.4 is 5.73 Å². The lowest BCUT2D eigenvalue weighted by Crippen LogP contribution is -2.38. The minimum atomic E-state index is -0.147. The van der Waals surface area contributed by atoms with E-state index in [1.807, 2.05) is 0 Å². The van der Waals surface area contributed by atoms with Gasteiger partial charge in [0.2, 0.25) is 0 Å². The Morgan fingerprint density at radius 1 is 1.35 bits per heavy atom. The Labute approximate surface area is 103 Å². The zero-order valence-electron chi connectivity index (χ0n) is 10.5. The molecule has 3 atom stereocenters. The summed E-state index contributed by atoms with van der Waals surface area (Å²) in [7, 11) is 0. The molecule has 1 aliphatic heterocycles. The van der Waals surface area contributed by atoms with Crippen molar-refractivity contribution in [2.45, 2.75) is 56.8 Å². The minimum Gasteiger partial charge on any atom is -0.375 e. The number of hydrogen-bond acceptors (Lipinski definition) is 2. The highest BCUT2D eigenvalue weighted by Crippen LogP contribution is 2.40. The molecule has 0 saturated carbocycles. The van der Waals surface area contributed by atoms with Gasteiger partial charge >= 0.3 is 0 Å². The van der Waals surface area contributed by atoms with Crippen LogP contribution in [0.25, 0.3) is 0 Å². The second-order valence-electron chi connectivity index (χ2n) is 5.66. The van der Waals surface area contributed by atoms with E-state index >= 15 is 0 Å². The van der Waals surface area contributed by atoms with Gasteiger partial charge in [0.25, 0.3) is 0 Å². The van der Waals surface area contributed by atoms with Crippen molar-refractivity contribution in [3.05, 3.63) is 35.4 Å². The van der Waals surface area contributed by atoms with Crippen LogP contribution in [-0.4, -0.2) is 12.2 Å². The molecule has 0 spiro atoms. The molecule has 2 nitrogen and oxygen atoms in total. The summed E-state index contributed by atoms with van der Waals surface area (Å²) in [6.07, 6.45) is 6.30. The molecule has 2 aliphatic rings. The fraction of sp³-hybridized carbons (Fsp3) is 0.600. The van der Waals surface area contributed by atoms with Gasteiger partial charge in [0.05, 0.1) is 12.2 Å². The summed E-state index contributed by atoms with van der Waals surface area (Å²) in [6, 6.07) is 8.62. The van der Waals surface area contributed by atoms with E-state index in [1.54, 1.807) is 0 Å². The molecule has 0 bridgehead atoms. The lowest BCUT2D eigenvalue weighted by molar-refractivity contribution is 0.0362. The first-order valence-corrected chi connectivity index (χ1v) is 6.70. The van der Waals surface area contributed by atoms with Crippen molar-refractivity contribution in [3.8, 4) is 0 Å². The van der Waals surface area contributed by atoms with Crippen LogP contribution >= 0.6 is 0 Å². The van der Waals surface area contributed by atoms with Crippen LogP contribution in [0.2, 0.25) is 0 Å². The predicted molar refractivity (Wildman–Crippen MR) is 68.8 cm³/mol. The maximum atomic E-state index is 6.62. The second-order valence-corrected chi connectivity index (χ2v) is 5.66. The second kappa shape index (κ2) is 4.11. The summed E-state index contributed by atoms with van der Waals surface area (Å²) in [4.78, 5) is 0. The van der Waals surface area contributed by atoms with Crippen molar-refractivity contribution in [2.24, 2.45) is 5.73 Å². The summed E-state index contributed by atoms with van der Waals surface area (Å²) in [5.74, 6) is 0. The van der Waals surface area contributed by atoms with Crippen LogP contribution in [0.3, 0.4) is 0 Å². The van der Waals surface area contributed by atoms with Crippen molar-refractivity contribution in [2.75, 3.05) is 0 Å². The summed E-state index contributed by atoms with van der Waals surface area (Å²) in [5, 5.41) is 0. The molecule has 2 N–H and O–H groups in total. The maximum Gasteiger partial charge on any atom is 0.0600 e. The van der Waals surface area contributed by atoms with Crippen molar-refractivity contribution < 1.29 is 4.74 Å². The number of aryl methyl sites for hydroxylation is 1. The molecule has 1 saturated heterocycles. The van der Waals surface area contributed by atoms with E-state index in [9.17, 15) is 0 Å². The zero-order valence-corrected chi connectivity index (χ0v) is 10.5. The average molecular weight is 231 g/mol. The number of benzene rings is 1. The molecular formula is C15H21NO. The SMILES string of the molecule is CC1CCC(CC2(N)CCc3ccccc32)O1. The van der Waals surface area contributed by atoms with Gasteiger partial charge in [-0.25, -0.2) is 0 Å². The standard InChI is InChI=1S/C15H21NO/c1-11-6-7-13(17-11)10-15(16)9-8-12-4-2-3-5-14(12)15/h2-5,11,13H,6-10,16H2,1H3. The Balaban J connectivity index is 1.79. The first-order valence-electron chi connectivity index (χ1n) is 6.70. The monoisotopic (exact) mass is 231 g/mol. The van der Waals surface area contributed by atoms with Crippen molar-refractivity contribution in [1.82, 2.24) is 0 Å². The Hall–Kier alpha value is -0.860. The Bertz CT molecular complexity index is 417. The van der Waals surface area contributed by atoms with Crippen LogP contribution in [0.4, 0.5) is 0 Å². The fourth-order valence-corrected chi connectivity index (χ4v) is 3.37. The topological polar surface area (TPSA) is 35.2 Å². The van der Waals surface area contributed by atoms with Crippen LogP contribution in [0.5, 0.6) is 0 Å². The molecule has 2 heteroatoms. The first-order chi connectivity index (χ1) is 8.17. The molecular weight excluding hydrogens is 210 g/mol. The molecule has 0 amide bonds. The van der Waals surface area contributed by atoms with E-state index < -0.39 is 0 Å². The molecule has 92 valence electrons. The van der Waals surface area contributed by atoms with Crippen LogP contribution in [0, 0.1) is 0 Å². The van der Waals surface area contributed by atoms with E-state index in [0.717, 1.165) is 19.3 Å². The highest BCUT2D eigenvalue weighted by Gasteiger charge is 2.38. The normalized spacial score (nSPS) is 36.1. The van der Waals surface area contributed by atoms with E-state index in [4.69, 9.17) is 10.5 Å². The van der Waals surface area contributed by atoms with Crippen molar-refractivity contribution in [3.63, 3.8) is 0 Å². The summed E-state index contributed by atoms with van der Waals surface area (Å²) in [6.45, 7) is 2.16. The van der Waals surface area contributed by atoms with Gasteiger partial charge in [-0.2, -0.15) is 0 Å². The molecule has 1 aromatic carbocycles. The third-order valence-corrected chi connectivity index (χ3v) is 4.31. The number of nitrogens with two attached hydrogens (primary N) is 1. The van der Waals surface area contributed by atoms with Gasteiger partial charge in [-0.3, -0.25) is 0 Å². The maximum absolute atomic E-state index is 6.62. The summed E-state index contributed by atoms with van der Waals surface area (Å²) < 4.78 is 5.92. The zero-order chi connectivity index (χ0) is 11.9. The predicted octanol–water partition coefficient (Wildman–Crippen LogP) is 2.74. The quantitative estimate of drug-likeness (QED) is 0.849. The summed E-state index contributed by atoms with van der Waals surface area (Å²) >= 11 is 0. The molecule has 0 aromatic heterocycles. The first kappa shape index (κ1) is 11.2. The van der Waals surface area contributed by atoms with Crippen molar-refractivity contribution >= 4 is 0 Å². The van der Waals surface area contributed by atoms with Gasteiger partial charge in [0.1, 0.15) is 0 Å². The Morgan fingerprint density at radius 2 is 2.18 bits per heavy atom. The lowest BCUT2D eigenvalue weighted by atomic mass is 9.86. The highest BCUT2D eigenvalue weighted by molar-refractivity contribution is 5.38. The van der Waals surface area contributed by atoms with Gasteiger partial charge in [-0.1, -0.05) is 24.3 Å². The van der Waals surface area contributed by atoms with E-state index in [2.05, 4.69) is 31.2 Å². The smallest absolute Gasteiger partial charge is 0.0600 e. The van der Waals surface area contributed by atoms with Crippen molar-refractivity contribution in [1.29, 1.82) is 0 Å². The van der Waals surface area contributed by atoms with Crippen LogP contribution in [0.1, 0.15) is 43.7 Å². The van der Waals surface area contributed by atoms with E-state index in [1.165, 1.54) is 24.0 Å². The van der Waals surface area contributed by atoms with Gasteiger partial charge in [0, 0.05) is 5.54 Å². The molecule has 3 unspecified atom stereocenters. The van der Waals surface area contributed by atoms with Gasteiger partial charge in [-0.15, -0.1) is 0 Å². The Morgan fingerprint density at radius 3 is 2.94 bits per heavy atom. The lowest BCUT2D eigenvalue weighted by Gasteiger charge is -2.28. The third kappa shape index (κ3) is 2.00. The number of ether oxygens (including phenoxy) is 1. The Kier molecular flexibility index (Phi) is 2.72. The number of rotatable bonds is 2. The average Bonchev–Trinajstić information content (AvgIpc) is 2.86. The highest BCUT2D eigenvalue weighted by atomic mass is 16.5. The van der Waals surface area contributed by atoms with Gasteiger partial charge in [0.15, 0.2) is 0 Å². The largest absolute Gasteiger partial charge is 0.375 e. The van der Waals surface area contributed by atoms with Crippen LogP contribution in [0.15, 0.2) is 24.3 Å². The van der Waals surface area contributed by atoms with Crippen LogP contribution in [-0.2, 0) is 16.7 Å². The number of hydrogen-bond donors (Lipinski definition) is 1. The molecule has 17 heavy (non-hydrogen) atoms. The molecule has 1 fully saturated rings.